The van der Waals surface area contributed by atoms with Crippen molar-refractivity contribution in [3.8, 4) is 10.6 Å². The van der Waals surface area contributed by atoms with E-state index in [9.17, 15) is 9.59 Å². The number of nitrogens with one attached hydrogen (secondary N) is 1. The Bertz CT molecular complexity index is 1210. The lowest BCUT2D eigenvalue weighted by atomic mass is 10.1. The molecule has 2 heterocycles. The molecule has 1 amide bonds. The molecule has 0 aliphatic heterocycles. The van der Waals surface area contributed by atoms with Crippen LogP contribution in [-0.2, 0) is 0 Å². The average molecular weight is 386 g/mol. The minimum atomic E-state index is -0.228. The van der Waals surface area contributed by atoms with E-state index in [4.69, 9.17) is 4.98 Å². The van der Waals surface area contributed by atoms with Gasteiger partial charge in [-0.05, 0) is 50.2 Å². The Morgan fingerprint density at radius 2 is 1.79 bits per heavy atom. The molecule has 0 bridgehead atoms. The molecule has 138 valence electrons. The number of carbonyl (C=O) groups excluding carboxylic acids is 2. The van der Waals surface area contributed by atoms with E-state index in [0.717, 1.165) is 21.5 Å². The van der Waals surface area contributed by atoms with Crippen LogP contribution >= 0.6 is 11.3 Å². The van der Waals surface area contributed by atoms with Gasteiger partial charge in [0.1, 0.15) is 0 Å². The maximum atomic E-state index is 13.1. The van der Waals surface area contributed by atoms with Crippen molar-refractivity contribution in [1.82, 2.24) is 4.98 Å². The molecule has 0 aliphatic rings. The summed E-state index contributed by atoms with van der Waals surface area (Å²) in [5.74, 6) is -0.269. The standard InChI is InChI=1S/C23H18N2O2S/c1-14-10-11-22(28-14)21-13-19(18-8-3-4-9-20(18)25-21)23(27)24-17-7-5-6-16(12-17)15(2)26/h3-13H,1-2H3,(H,24,27). The van der Waals surface area contributed by atoms with Gasteiger partial charge in [-0.15, -0.1) is 11.3 Å². The number of ketones is 1. The summed E-state index contributed by atoms with van der Waals surface area (Å²) in [5, 5.41) is 3.71. The van der Waals surface area contributed by atoms with Gasteiger partial charge >= 0.3 is 0 Å². The minimum Gasteiger partial charge on any atom is -0.322 e. The molecule has 4 rings (SSSR count). The van der Waals surface area contributed by atoms with E-state index in [1.807, 2.05) is 49.4 Å². The number of Topliss-reactive ketones (excluding diaryl/α,β-unsaturated/α-hetero) is 1. The molecule has 0 spiro atoms. The number of hydrogen-bond acceptors (Lipinski definition) is 4. The van der Waals surface area contributed by atoms with Gasteiger partial charge < -0.3 is 5.32 Å². The molecule has 0 unspecified atom stereocenters. The van der Waals surface area contributed by atoms with Crippen molar-refractivity contribution in [1.29, 1.82) is 0 Å². The van der Waals surface area contributed by atoms with Gasteiger partial charge in [-0.1, -0.05) is 30.3 Å². The van der Waals surface area contributed by atoms with Gasteiger partial charge in [0, 0.05) is 21.5 Å². The van der Waals surface area contributed by atoms with Crippen LogP contribution < -0.4 is 5.32 Å². The molecule has 4 aromatic rings. The summed E-state index contributed by atoms with van der Waals surface area (Å²) in [4.78, 5) is 31.6. The zero-order valence-corrected chi connectivity index (χ0v) is 16.3. The number of rotatable bonds is 4. The lowest BCUT2D eigenvalue weighted by Crippen LogP contribution is -2.13. The fourth-order valence-electron chi connectivity index (χ4n) is 3.08. The van der Waals surface area contributed by atoms with E-state index >= 15 is 0 Å². The number of benzene rings is 2. The van der Waals surface area contributed by atoms with Crippen molar-refractivity contribution >= 4 is 39.6 Å². The Morgan fingerprint density at radius 3 is 2.54 bits per heavy atom. The third kappa shape index (κ3) is 3.57. The Kier molecular flexibility index (Phi) is 4.75. The maximum Gasteiger partial charge on any atom is 0.256 e. The summed E-state index contributed by atoms with van der Waals surface area (Å²) in [5.41, 5.74) is 3.26. The highest BCUT2D eigenvalue weighted by Gasteiger charge is 2.15. The molecule has 2 aromatic carbocycles. The molecular formula is C23H18N2O2S. The molecule has 0 radical (unpaired) electrons. The van der Waals surface area contributed by atoms with Crippen LogP contribution in [0, 0.1) is 6.92 Å². The predicted molar refractivity (Wildman–Crippen MR) is 114 cm³/mol. The minimum absolute atomic E-state index is 0.0409. The first kappa shape index (κ1) is 18.1. The van der Waals surface area contributed by atoms with Crippen LogP contribution in [0.1, 0.15) is 32.5 Å². The second-order valence-electron chi connectivity index (χ2n) is 6.57. The van der Waals surface area contributed by atoms with Gasteiger partial charge in [0.2, 0.25) is 0 Å². The Balaban J connectivity index is 1.77. The normalized spacial score (nSPS) is 10.8. The van der Waals surface area contributed by atoms with Crippen molar-refractivity contribution in [2.45, 2.75) is 13.8 Å². The fourth-order valence-corrected chi connectivity index (χ4v) is 3.90. The van der Waals surface area contributed by atoms with Gasteiger partial charge in [-0.25, -0.2) is 4.98 Å². The molecule has 5 heteroatoms. The highest BCUT2D eigenvalue weighted by atomic mass is 32.1. The summed E-state index contributed by atoms with van der Waals surface area (Å²) in [6, 6.07) is 20.5. The predicted octanol–water partition coefficient (Wildman–Crippen LogP) is 5.73. The number of anilines is 1. The smallest absolute Gasteiger partial charge is 0.256 e. The van der Waals surface area contributed by atoms with Crippen LogP contribution in [0.25, 0.3) is 21.5 Å². The number of nitrogens with zero attached hydrogens (tertiary/aromatic N) is 1. The molecule has 2 aromatic heterocycles. The van der Waals surface area contributed by atoms with Crippen LogP contribution in [-0.4, -0.2) is 16.7 Å². The number of aryl methyl sites for hydroxylation is 1. The van der Waals surface area contributed by atoms with E-state index in [0.29, 0.717) is 16.8 Å². The maximum absolute atomic E-state index is 13.1. The monoisotopic (exact) mass is 386 g/mol. The number of carbonyl (C=O) groups is 2. The van der Waals surface area contributed by atoms with Gasteiger partial charge in [0.05, 0.1) is 21.7 Å². The van der Waals surface area contributed by atoms with Gasteiger partial charge in [-0.2, -0.15) is 0 Å². The summed E-state index contributed by atoms with van der Waals surface area (Å²) < 4.78 is 0. The van der Waals surface area contributed by atoms with Crippen LogP contribution in [0.15, 0.2) is 66.7 Å². The molecule has 4 nitrogen and oxygen atoms in total. The van der Waals surface area contributed by atoms with Crippen molar-refractivity contribution in [2.75, 3.05) is 5.32 Å². The van der Waals surface area contributed by atoms with E-state index in [-0.39, 0.29) is 11.7 Å². The van der Waals surface area contributed by atoms with Gasteiger partial charge in [0.15, 0.2) is 5.78 Å². The van der Waals surface area contributed by atoms with E-state index in [1.54, 1.807) is 35.6 Å². The quantitative estimate of drug-likeness (QED) is 0.456. The molecule has 1 N–H and O–H groups in total. The van der Waals surface area contributed by atoms with Crippen molar-refractivity contribution in [2.24, 2.45) is 0 Å². The van der Waals surface area contributed by atoms with E-state index < -0.39 is 0 Å². The molecule has 0 aliphatic carbocycles. The zero-order chi connectivity index (χ0) is 19.7. The van der Waals surface area contributed by atoms with Gasteiger partial charge in [0.25, 0.3) is 5.91 Å². The Hall–Kier alpha value is -3.31. The number of thiophene rings is 1. The average Bonchev–Trinajstić information content (AvgIpc) is 3.13. The molecule has 0 fully saturated rings. The Labute approximate surface area is 166 Å². The highest BCUT2D eigenvalue weighted by Crippen LogP contribution is 2.30. The number of amides is 1. The molecular weight excluding hydrogens is 368 g/mol. The van der Waals surface area contributed by atoms with Gasteiger partial charge in [-0.3, -0.25) is 9.59 Å². The number of pyridine rings is 1. The molecule has 0 atom stereocenters. The SMILES string of the molecule is CC(=O)c1cccc(NC(=O)c2cc(-c3ccc(C)s3)nc3ccccc23)c1. The second kappa shape index (κ2) is 7.37. The van der Waals surface area contributed by atoms with Crippen LogP contribution in [0.3, 0.4) is 0 Å². The number of fused-ring (bicyclic) bond motifs is 1. The fraction of sp³-hybridized carbons (Fsp3) is 0.0870. The zero-order valence-electron chi connectivity index (χ0n) is 15.5. The summed E-state index contributed by atoms with van der Waals surface area (Å²) in [7, 11) is 0. The van der Waals surface area contributed by atoms with Crippen LogP contribution in [0.5, 0.6) is 0 Å². The van der Waals surface area contributed by atoms with Crippen molar-refractivity contribution in [3.05, 3.63) is 82.7 Å². The number of para-hydroxylation sites is 1. The van der Waals surface area contributed by atoms with Crippen LogP contribution in [0.4, 0.5) is 5.69 Å². The Morgan fingerprint density at radius 1 is 0.964 bits per heavy atom. The van der Waals surface area contributed by atoms with Crippen LogP contribution in [0.2, 0.25) is 0 Å². The highest BCUT2D eigenvalue weighted by molar-refractivity contribution is 7.15. The largest absolute Gasteiger partial charge is 0.322 e. The second-order valence-corrected chi connectivity index (χ2v) is 7.86. The molecule has 0 saturated heterocycles. The first-order valence-corrected chi connectivity index (χ1v) is 9.72. The van der Waals surface area contributed by atoms with E-state index in [2.05, 4.69) is 5.32 Å². The summed E-state index contributed by atoms with van der Waals surface area (Å²) in [6.45, 7) is 3.55. The first-order chi connectivity index (χ1) is 13.5. The lowest BCUT2D eigenvalue weighted by molar-refractivity contribution is 0.101. The van der Waals surface area contributed by atoms with E-state index in [1.165, 1.54) is 11.8 Å². The lowest BCUT2D eigenvalue weighted by Gasteiger charge is -2.10. The van der Waals surface area contributed by atoms with Crippen molar-refractivity contribution < 1.29 is 9.59 Å². The number of hydrogen-bond donors (Lipinski definition) is 1. The van der Waals surface area contributed by atoms with Crippen molar-refractivity contribution in [3.63, 3.8) is 0 Å². The summed E-state index contributed by atoms with van der Waals surface area (Å²) >= 11 is 1.65. The first-order valence-electron chi connectivity index (χ1n) is 8.90. The topological polar surface area (TPSA) is 59.1 Å². The molecule has 0 saturated carbocycles. The third-order valence-electron chi connectivity index (χ3n) is 4.48. The summed E-state index contributed by atoms with van der Waals surface area (Å²) in [6.07, 6.45) is 0. The number of aromatic nitrogens is 1. The third-order valence-corrected chi connectivity index (χ3v) is 5.50. The molecule has 28 heavy (non-hydrogen) atoms.